The van der Waals surface area contributed by atoms with Gasteiger partial charge >= 0.3 is 0 Å². The standard InChI is InChI=1S/C13H17FN2O/c14-12-4-2-1-3-11(12)13(17)9-16-7-5-10(15)6-8-16/h1-4,10H,5-9,15H2. The number of likely N-dealkylation sites (tertiary alicyclic amines) is 1. The molecule has 0 bridgehead atoms. The summed E-state index contributed by atoms with van der Waals surface area (Å²) in [5.74, 6) is -0.593. The van der Waals surface area contributed by atoms with E-state index in [1.165, 1.54) is 12.1 Å². The molecule has 0 saturated carbocycles. The molecular formula is C13H17FN2O. The predicted octanol–water partition coefficient (Wildman–Crippen LogP) is 1.43. The lowest BCUT2D eigenvalue weighted by Gasteiger charge is -2.29. The van der Waals surface area contributed by atoms with Crippen LogP contribution in [0.1, 0.15) is 23.2 Å². The lowest BCUT2D eigenvalue weighted by atomic mass is 10.0. The molecule has 1 heterocycles. The molecule has 0 amide bonds. The van der Waals surface area contributed by atoms with Gasteiger partial charge in [0, 0.05) is 19.1 Å². The van der Waals surface area contributed by atoms with Gasteiger partial charge in [-0.1, -0.05) is 12.1 Å². The Kier molecular flexibility index (Phi) is 3.86. The second-order valence-electron chi connectivity index (χ2n) is 4.52. The number of piperidine rings is 1. The van der Waals surface area contributed by atoms with E-state index in [-0.39, 0.29) is 23.9 Å². The fourth-order valence-corrected chi connectivity index (χ4v) is 2.09. The summed E-state index contributed by atoms with van der Waals surface area (Å²) in [5.41, 5.74) is 5.97. The topological polar surface area (TPSA) is 46.3 Å². The summed E-state index contributed by atoms with van der Waals surface area (Å²) in [5, 5.41) is 0. The first-order valence-corrected chi connectivity index (χ1v) is 5.92. The van der Waals surface area contributed by atoms with Gasteiger partial charge in [-0.05, 0) is 25.0 Å². The Morgan fingerprint density at radius 2 is 2.00 bits per heavy atom. The fourth-order valence-electron chi connectivity index (χ4n) is 2.09. The summed E-state index contributed by atoms with van der Waals surface area (Å²) < 4.78 is 13.4. The number of halogens is 1. The summed E-state index contributed by atoms with van der Waals surface area (Å²) >= 11 is 0. The van der Waals surface area contributed by atoms with Gasteiger partial charge in [-0.15, -0.1) is 0 Å². The summed E-state index contributed by atoms with van der Waals surface area (Å²) in [4.78, 5) is 13.9. The largest absolute Gasteiger partial charge is 0.328 e. The number of benzene rings is 1. The first-order chi connectivity index (χ1) is 8.16. The van der Waals surface area contributed by atoms with Crippen molar-refractivity contribution in [1.29, 1.82) is 0 Å². The van der Waals surface area contributed by atoms with Crippen LogP contribution in [0.3, 0.4) is 0 Å². The number of carbonyl (C=O) groups is 1. The lowest BCUT2D eigenvalue weighted by Crippen LogP contribution is -2.42. The molecule has 3 nitrogen and oxygen atoms in total. The fraction of sp³-hybridized carbons (Fsp3) is 0.462. The van der Waals surface area contributed by atoms with Crippen LogP contribution in [0.15, 0.2) is 24.3 Å². The summed E-state index contributed by atoms with van der Waals surface area (Å²) in [6.45, 7) is 1.93. The Bertz CT molecular complexity index is 400. The Morgan fingerprint density at radius 3 is 2.65 bits per heavy atom. The van der Waals surface area contributed by atoms with Crippen molar-refractivity contribution in [1.82, 2.24) is 4.90 Å². The van der Waals surface area contributed by atoms with Crippen molar-refractivity contribution in [3.05, 3.63) is 35.6 Å². The number of ketones is 1. The third-order valence-corrected chi connectivity index (χ3v) is 3.17. The maximum atomic E-state index is 13.4. The molecule has 1 aromatic rings. The van der Waals surface area contributed by atoms with E-state index in [0.717, 1.165) is 25.9 Å². The van der Waals surface area contributed by atoms with Gasteiger partial charge in [0.2, 0.25) is 0 Å². The van der Waals surface area contributed by atoms with Crippen molar-refractivity contribution in [3.8, 4) is 0 Å². The zero-order valence-corrected chi connectivity index (χ0v) is 9.73. The van der Waals surface area contributed by atoms with Crippen LogP contribution >= 0.6 is 0 Å². The Balaban J connectivity index is 1.96. The van der Waals surface area contributed by atoms with Crippen molar-refractivity contribution in [3.63, 3.8) is 0 Å². The number of nitrogens with two attached hydrogens (primary N) is 1. The quantitative estimate of drug-likeness (QED) is 0.808. The van der Waals surface area contributed by atoms with E-state index < -0.39 is 5.82 Å². The number of hydrogen-bond donors (Lipinski definition) is 1. The second kappa shape index (κ2) is 5.38. The summed E-state index contributed by atoms with van der Waals surface area (Å²) in [7, 11) is 0. The normalized spacial score (nSPS) is 18.2. The van der Waals surface area contributed by atoms with Crippen molar-refractivity contribution >= 4 is 5.78 Å². The minimum Gasteiger partial charge on any atom is -0.328 e. The lowest BCUT2D eigenvalue weighted by molar-refractivity contribution is 0.0906. The van der Waals surface area contributed by atoms with Gasteiger partial charge < -0.3 is 5.73 Å². The minimum absolute atomic E-state index is 0.154. The molecule has 2 rings (SSSR count). The molecule has 1 aliphatic heterocycles. The van der Waals surface area contributed by atoms with Crippen LogP contribution in [0.2, 0.25) is 0 Å². The van der Waals surface area contributed by atoms with Gasteiger partial charge in [0.05, 0.1) is 12.1 Å². The average Bonchev–Trinajstić information content (AvgIpc) is 2.32. The maximum absolute atomic E-state index is 13.4. The number of nitrogens with zero attached hydrogens (tertiary/aromatic N) is 1. The van der Waals surface area contributed by atoms with Gasteiger partial charge in [0.1, 0.15) is 5.82 Å². The van der Waals surface area contributed by atoms with Gasteiger partial charge in [-0.25, -0.2) is 4.39 Å². The molecule has 1 fully saturated rings. The molecular weight excluding hydrogens is 219 g/mol. The molecule has 0 unspecified atom stereocenters. The first-order valence-electron chi connectivity index (χ1n) is 5.92. The molecule has 92 valence electrons. The van der Waals surface area contributed by atoms with Crippen LogP contribution in [-0.2, 0) is 0 Å². The average molecular weight is 236 g/mol. The first kappa shape index (κ1) is 12.2. The third-order valence-electron chi connectivity index (χ3n) is 3.17. The van der Waals surface area contributed by atoms with E-state index in [2.05, 4.69) is 0 Å². The second-order valence-corrected chi connectivity index (χ2v) is 4.52. The van der Waals surface area contributed by atoms with Gasteiger partial charge in [0.15, 0.2) is 5.78 Å². The van der Waals surface area contributed by atoms with Crippen LogP contribution in [0, 0.1) is 5.82 Å². The smallest absolute Gasteiger partial charge is 0.179 e. The molecule has 0 spiro atoms. The van der Waals surface area contributed by atoms with E-state index in [4.69, 9.17) is 5.73 Å². The molecule has 0 aliphatic carbocycles. The SMILES string of the molecule is NC1CCN(CC(=O)c2ccccc2F)CC1. The third kappa shape index (κ3) is 3.11. The number of Topliss-reactive ketones (excluding diaryl/α,β-unsaturated/α-hetero) is 1. The zero-order chi connectivity index (χ0) is 12.3. The van der Waals surface area contributed by atoms with Crippen molar-refractivity contribution < 1.29 is 9.18 Å². The minimum atomic E-state index is -0.439. The van der Waals surface area contributed by atoms with Crippen molar-refractivity contribution in [2.24, 2.45) is 5.73 Å². The summed E-state index contributed by atoms with van der Waals surface area (Å²) in [6.07, 6.45) is 1.81. The Hall–Kier alpha value is -1.26. The van der Waals surface area contributed by atoms with E-state index in [1.54, 1.807) is 12.1 Å². The van der Waals surface area contributed by atoms with Crippen molar-refractivity contribution in [2.75, 3.05) is 19.6 Å². The van der Waals surface area contributed by atoms with Crippen molar-refractivity contribution in [2.45, 2.75) is 18.9 Å². The Labute approximate surface area is 100 Å². The monoisotopic (exact) mass is 236 g/mol. The highest BCUT2D eigenvalue weighted by Gasteiger charge is 2.20. The van der Waals surface area contributed by atoms with Crippen LogP contribution in [0.25, 0.3) is 0 Å². The van der Waals surface area contributed by atoms with Gasteiger partial charge in [0.25, 0.3) is 0 Å². The molecule has 17 heavy (non-hydrogen) atoms. The zero-order valence-electron chi connectivity index (χ0n) is 9.73. The van der Waals surface area contributed by atoms with E-state index in [9.17, 15) is 9.18 Å². The Morgan fingerprint density at radius 1 is 1.35 bits per heavy atom. The summed E-state index contributed by atoms with van der Waals surface area (Å²) in [6, 6.07) is 6.37. The molecule has 4 heteroatoms. The van der Waals surface area contributed by atoms with Crippen LogP contribution in [-0.4, -0.2) is 36.4 Å². The van der Waals surface area contributed by atoms with E-state index in [1.807, 2.05) is 4.90 Å². The van der Waals surface area contributed by atoms with Gasteiger partial charge in [-0.2, -0.15) is 0 Å². The molecule has 1 aromatic carbocycles. The number of carbonyl (C=O) groups excluding carboxylic acids is 1. The number of rotatable bonds is 3. The van der Waals surface area contributed by atoms with E-state index >= 15 is 0 Å². The van der Waals surface area contributed by atoms with Crippen LogP contribution < -0.4 is 5.73 Å². The maximum Gasteiger partial charge on any atom is 0.179 e. The highest BCUT2D eigenvalue weighted by atomic mass is 19.1. The molecule has 2 N–H and O–H groups in total. The molecule has 0 radical (unpaired) electrons. The van der Waals surface area contributed by atoms with Gasteiger partial charge in [-0.3, -0.25) is 9.69 Å². The molecule has 0 atom stereocenters. The molecule has 0 aromatic heterocycles. The predicted molar refractivity (Wildman–Crippen MR) is 64.4 cm³/mol. The molecule has 1 saturated heterocycles. The van der Waals surface area contributed by atoms with E-state index in [0.29, 0.717) is 0 Å². The molecule has 1 aliphatic rings. The highest BCUT2D eigenvalue weighted by molar-refractivity contribution is 5.97. The highest BCUT2D eigenvalue weighted by Crippen LogP contribution is 2.11. The van der Waals surface area contributed by atoms with Crippen LogP contribution in [0.5, 0.6) is 0 Å². The number of hydrogen-bond acceptors (Lipinski definition) is 3. The van der Waals surface area contributed by atoms with Crippen LogP contribution in [0.4, 0.5) is 4.39 Å².